The third-order valence-corrected chi connectivity index (χ3v) is 8.43. The van der Waals surface area contributed by atoms with E-state index in [0.29, 0.717) is 11.8 Å². The van der Waals surface area contributed by atoms with E-state index >= 15 is 0 Å². The van der Waals surface area contributed by atoms with Gasteiger partial charge in [-0.05, 0) is 119 Å². The van der Waals surface area contributed by atoms with Crippen LogP contribution in [0.4, 0.5) is 34.1 Å². The summed E-state index contributed by atoms with van der Waals surface area (Å²) in [6, 6.07) is 49.2. The second-order valence-corrected chi connectivity index (χ2v) is 12.5. The third kappa shape index (κ3) is 5.98. The average Bonchev–Trinajstić information content (AvgIpc) is 3.02. The number of rotatable bonds is 8. The van der Waals surface area contributed by atoms with Crippen molar-refractivity contribution in [1.82, 2.24) is 0 Å². The topological polar surface area (TPSA) is 6.48 Å². The molecule has 2 nitrogen and oxygen atoms in total. The zero-order chi connectivity index (χ0) is 30.8. The molecule has 0 N–H and O–H groups in total. The summed E-state index contributed by atoms with van der Waals surface area (Å²) in [6.45, 7) is 13.4. The van der Waals surface area contributed by atoms with Crippen LogP contribution >= 0.6 is 0 Å². The van der Waals surface area contributed by atoms with Gasteiger partial charge in [0.05, 0.1) is 11.4 Å². The van der Waals surface area contributed by atoms with Crippen molar-refractivity contribution in [3.63, 3.8) is 0 Å². The number of aryl methyl sites for hydroxylation is 2. The maximum Gasteiger partial charge on any atom is 0.0708 e. The highest BCUT2D eigenvalue weighted by Crippen LogP contribution is 2.48. The molecule has 0 radical (unpaired) electrons. The maximum atomic E-state index is 2.44. The Morgan fingerprint density at radius 3 is 1.11 bits per heavy atom. The van der Waals surface area contributed by atoms with Gasteiger partial charge in [-0.2, -0.15) is 0 Å². The zero-order valence-corrected chi connectivity index (χ0v) is 26.8. The van der Waals surface area contributed by atoms with Crippen molar-refractivity contribution < 1.29 is 0 Å². The van der Waals surface area contributed by atoms with Crippen molar-refractivity contribution in [2.45, 2.75) is 53.4 Å². The molecule has 0 amide bonds. The molecule has 0 aliphatic carbocycles. The Balaban J connectivity index is 1.71. The molecule has 2 heteroatoms. The second-order valence-electron chi connectivity index (χ2n) is 12.5. The van der Waals surface area contributed by atoms with Crippen molar-refractivity contribution in [1.29, 1.82) is 0 Å². The summed E-state index contributed by atoms with van der Waals surface area (Å²) in [4.78, 5) is 4.88. The molecule has 6 aromatic carbocycles. The average molecular weight is 575 g/mol. The summed E-state index contributed by atoms with van der Waals surface area (Å²) >= 11 is 0. The molecule has 6 aromatic rings. The normalized spacial score (nSPS) is 11.4. The predicted molar refractivity (Wildman–Crippen MR) is 191 cm³/mol. The highest BCUT2D eigenvalue weighted by molar-refractivity contribution is 6.00. The molecular formula is C42H42N2. The van der Waals surface area contributed by atoms with Gasteiger partial charge in [0.25, 0.3) is 0 Å². The number of hydrogen-bond donors (Lipinski definition) is 0. The standard InChI is InChI=1S/C42H42N2/c1-29(2)33-17-11-21-39(25-33)43(37-19-9-13-31(5)23-37)41-27-35-15-7-8-16-36(35)28-42(41)44(38-20-10-14-32(6)24-38)40-22-12-18-34(26-40)30(3)4/h7-30H,1-6H3. The summed E-state index contributed by atoms with van der Waals surface area (Å²) in [6.07, 6.45) is 0. The number of benzene rings is 6. The van der Waals surface area contributed by atoms with E-state index in [2.05, 4.69) is 185 Å². The minimum Gasteiger partial charge on any atom is -0.308 e. The largest absolute Gasteiger partial charge is 0.308 e. The van der Waals surface area contributed by atoms with E-state index in [4.69, 9.17) is 0 Å². The van der Waals surface area contributed by atoms with Gasteiger partial charge in [-0.25, -0.2) is 0 Å². The van der Waals surface area contributed by atoms with Crippen molar-refractivity contribution in [3.8, 4) is 0 Å². The molecule has 0 atom stereocenters. The van der Waals surface area contributed by atoms with E-state index in [0.717, 1.165) is 34.1 Å². The second kappa shape index (κ2) is 12.4. The number of hydrogen-bond acceptors (Lipinski definition) is 2. The number of fused-ring (bicyclic) bond motifs is 1. The molecule has 0 heterocycles. The van der Waals surface area contributed by atoms with Crippen LogP contribution in [0.15, 0.2) is 133 Å². The first-order valence-corrected chi connectivity index (χ1v) is 15.7. The van der Waals surface area contributed by atoms with E-state index < -0.39 is 0 Å². The molecule has 220 valence electrons. The van der Waals surface area contributed by atoms with Crippen LogP contribution in [0, 0.1) is 13.8 Å². The first-order chi connectivity index (χ1) is 21.3. The Hall–Kier alpha value is -4.82. The van der Waals surface area contributed by atoms with E-state index in [1.807, 2.05) is 0 Å². The van der Waals surface area contributed by atoms with Gasteiger partial charge in [0.2, 0.25) is 0 Å². The minimum atomic E-state index is 0.424. The van der Waals surface area contributed by atoms with Crippen LogP contribution in [0.3, 0.4) is 0 Å². The number of anilines is 6. The monoisotopic (exact) mass is 574 g/mol. The van der Waals surface area contributed by atoms with E-state index in [-0.39, 0.29) is 0 Å². The van der Waals surface area contributed by atoms with Crippen molar-refractivity contribution in [2.75, 3.05) is 9.80 Å². The molecule has 0 bridgehead atoms. The maximum absolute atomic E-state index is 2.44. The van der Waals surface area contributed by atoms with Crippen LogP contribution in [0.2, 0.25) is 0 Å². The highest BCUT2D eigenvalue weighted by atomic mass is 15.2. The molecule has 0 saturated heterocycles. The molecule has 0 aliphatic rings. The van der Waals surface area contributed by atoms with Crippen LogP contribution < -0.4 is 9.80 Å². The fourth-order valence-corrected chi connectivity index (χ4v) is 6.01. The van der Waals surface area contributed by atoms with Gasteiger partial charge in [-0.3, -0.25) is 0 Å². The van der Waals surface area contributed by atoms with Crippen LogP contribution in [0.25, 0.3) is 10.8 Å². The molecule has 0 aromatic heterocycles. The van der Waals surface area contributed by atoms with Crippen molar-refractivity contribution in [3.05, 3.63) is 156 Å². The zero-order valence-electron chi connectivity index (χ0n) is 26.8. The summed E-state index contributed by atoms with van der Waals surface area (Å²) in [5, 5.41) is 2.42. The summed E-state index contributed by atoms with van der Waals surface area (Å²) < 4.78 is 0. The molecule has 0 saturated carbocycles. The van der Waals surface area contributed by atoms with Crippen molar-refractivity contribution >= 4 is 44.9 Å². The van der Waals surface area contributed by atoms with Crippen LogP contribution in [-0.2, 0) is 0 Å². The van der Waals surface area contributed by atoms with Gasteiger partial charge < -0.3 is 9.80 Å². The molecule has 0 fully saturated rings. The molecule has 44 heavy (non-hydrogen) atoms. The molecule has 0 aliphatic heterocycles. The quantitative estimate of drug-likeness (QED) is 0.178. The van der Waals surface area contributed by atoms with Crippen LogP contribution in [0.1, 0.15) is 61.8 Å². The van der Waals surface area contributed by atoms with E-state index in [1.54, 1.807) is 0 Å². The Kier molecular flexibility index (Phi) is 8.26. The van der Waals surface area contributed by atoms with Gasteiger partial charge in [-0.1, -0.05) is 100 Å². The molecule has 0 spiro atoms. The summed E-state index contributed by atoms with van der Waals surface area (Å²) in [5.41, 5.74) is 12.0. The lowest BCUT2D eigenvalue weighted by Crippen LogP contribution is -2.17. The van der Waals surface area contributed by atoms with Gasteiger partial charge in [0.1, 0.15) is 0 Å². The van der Waals surface area contributed by atoms with Crippen molar-refractivity contribution in [2.24, 2.45) is 0 Å². The summed E-state index contributed by atoms with van der Waals surface area (Å²) in [5.74, 6) is 0.848. The first-order valence-electron chi connectivity index (χ1n) is 15.7. The Morgan fingerprint density at radius 2 is 0.750 bits per heavy atom. The Morgan fingerprint density at radius 1 is 0.386 bits per heavy atom. The van der Waals surface area contributed by atoms with Gasteiger partial charge in [0.15, 0.2) is 0 Å². The lowest BCUT2D eigenvalue weighted by Gasteiger charge is -2.34. The van der Waals surface area contributed by atoms with Gasteiger partial charge in [0, 0.05) is 22.7 Å². The SMILES string of the molecule is Cc1cccc(N(c2cccc(C(C)C)c2)c2cc3ccccc3cc2N(c2cccc(C)c2)c2cccc(C(C)C)c2)c1. The summed E-state index contributed by atoms with van der Waals surface area (Å²) in [7, 11) is 0. The van der Waals surface area contributed by atoms with Gasteiger partial charge in [-0.15, -0.1) is 0 Å². The highest BCUT2D eigenvalue weighted by Gasteiger charge is 2.24. The Bertz CT molecular complexity index is 1780. The first kappa shape index (κ1) is 29.3. The predicted octanol–water partition coefficient (Wildman–Crippen LogP) is 12.6. The smallest absolute Gasteiger partial charge is 0.0708 e. The van der Waals surface area contributed by atoms with E-state index in [1.165, 1.54) is 33.0 Å². The lowest BCUT2D eigenvalue weighted by molar-refractivity contribution is 0.866. The van der Waals surface area contributed by atoms with Gasteiger partial charge >= 0.3 is 0 Å². The van der Waals surface area contributed by atoms with E-state index in [9.17, 15) is 0 Å². The number of nitrogens with zero attached hydrogens (tertiary/aromatic N) is 2. The van der Waals surface area contributed by atoms with Crippen LogP contribution in [0.5, 0.6) is 0 Å². The Labute approximate surface area is 263 Å². The lowest BCUT2D eigenvalue weighted by atomic mass is 10.00. The minimum absolute atomic E-state index is 0.424. The molecular weight excluding hydrogens is 532 g/mol. The molecule has 6 rings (SSSR count). The third-order valence-electron chi connectivity index (χ3n) is 8.43. The fourth-order valence-electron chi connectivity index (χ4n) is 6.01. The van der Waals surface area contributed by atoms with Crippen LogP contribution in [-0.4, -0.2) is 0 Å². The molecule has 0 unspecified atom stereocenters. The fraction of sp³-hybridized carbons (Fsp3) is 0.190.